The van der Waals surface area contributed by atoms with Gasteiger partial charge in [0.25, 0.3) is 0 Å². The Morgan fingerprint density at radius 3 is 2.58 bits per heavy atom. The molecule has 1 atom stereocenters. The van der Waals surface area contributed by atoms with E-state index < -0.39 is 0 Å². The highest BCUT2D eigenvalue weighted by Gasteiger charge is 2.21. The molecule has 1 unspecified atom stereocenters. The van der Waals surface area contributed by atoms with Crippen LogP contribution in [0.4, 0.5) is 0 Å². The maximum atomic E-state index is 12.6. The molecule has 0 radical (unpaired) electrons. The first-order chi connectivity index (χ1) is 15.1. The summed E-state index contributed by atoms with van der Waals surface area (Å²) in [6.07, 6.45) is 0. The molecule has 0 aliphatic carbocycles. The van der Waals surface area contributed by atoms with Crippen molar-refractivity contribution in [3.8, 4) is 11.4 Å². The van der Waals surface area contributed by atoms with E-state index in [1.807, 2.05) is 71.5 Å². The molecule has 4 rings (SSSR count). The second kappa shape index (κ2) is 10.1. The van der Waals surface area contributed by atoms with Gasteiger partial charge in [-0.15, -0.1) is 21.5 Å². The van der Waals surface area contributed by atoms with Gasteiger partial charge in [0.15, 0.2) is 11.0 Å². The predicted molar refractivity (Wildman–Crippen MR) is 127 cm³/mol. The van der Waals surface area contributed by atoms with Gasteiger partial charge in [0, 0.05) is 15.5 Å². The Morgan fingerprint density at radius 2 is 1.87 bits per heavy atom. The number of benzene rings is 2. The van der Waals surface area contributed by atoms with Crippen molar-refractivity contribution in [3.05, 3.63) is 87.6 Å². The van der Waals surface area contributed by atoms with Crippen molar-refractivity contribution in [2.75, 3.05) is 0 Å². The lowest BCUT2D eigenvalue weighted by atomic mass is 10.2. The van der Waals surface area contributed by atoms with Gasteiger partial charge in [0.1, 0.15) is 0 Å². The van der Waals surface area contributed by atoms with E-state index in [1.54, 1.807) is 11.3 Å². The number of hydrogen-bond acceptors (Lipinski definition) is 5. The molecule has 0 aliphatic rings. The van der Waals surface area contributed by atoms with E-state index in [0.717, 1.165) is 21.8 Å². The predicted octanol–water partition coefficient (Wildman–Crippen LogP) is 5.51. The molecule has 0 saturated heterocycles. The fraction of sp³-hybridized carbons (Fsp3) is 0.174. The number of thioether (sulfide) groups is 1. The summed E-state index contributed by atoms with van der Waals surface area (Å²) in [5, 5.41) is 14.9. The van der Waals surface area contributed by atoms with E-state index in [9.17, 15) is 4.79 Å². The van der Waals surface area contributed by atoms with Crippen LogP contribution < -0.4 is 5.32 Å². The molecule has 0 fully saturated rings. The molecule has 2 aromatic carbocycles. The number of rotatable bonds is 8. The number of nitrogens with zero attached hydrogens (tertiary/aromatic N) is 3. The van der Waals surface area contributed by atoms with Crippen molar-refractivity contribution >= 4 is 40.6 Å². The Bertz CT molecular complexity index is 1130. The zero-order valence-corrected chi connectivity index (χ0v) is 19.3. The number of aromatic nitrogens is 3. The van der Waals surface area contributed by atoms with Crippen LogP contribution in [0.25, 0.3) is 11.4 Å². The first kappa shape index (κ1) is 21.6. The Kier molecular flexibility index (Phi) is 7.06. The molecule has 2 aromatic heterocycles. The quantitative estimate of drug-likeness (QED) is 0.346. The molecule has 2 heterocycles. The minimum Gasteiger partial charge on any atom is -0.350 e. The van der Waals surface area contributed by atoms with Crippen LogP contribution in [0.2, 0.25) is 5.02 Å². The van der Waals surface area contributed by atoms with E-state index in [4.69, 9.17) is 11.6 Å². The van der Waals surface area contributed by atoms with E-state index in [0.29, 0.717) is 23.3 Å². The normalized spacial score (nSPS) is 11.9. The molecule has 1 N–H and O–H groups in total. The van der Waals surface area contributed by atoms with Crippen LogP contribution in [-0.2, 0) is 17.9 Å². The molecule has 0 aliphatic heterocycles. The number of thiophene rings is 1. The lowest BCUT2D eigenvalue weighted by molar-refractivity contribution is -0.120. The number of nitrogens with one attached hydrogen (secondary N) is 1. The van der Waals surface area contributed by atoms with Crippen LogP contribution in [0.3, 0.4) is 0 Å². The van der Waals surface area contributed by atoms with E-state index in [-0.39, 0.29) is 11.2 Å². The van der Waals surface area contributed by atoms with Crippen LogP contribution in [0.15, 0.2) is 77.3 Å². The molecule has 1 amide bonds. The Morgan fingerprint density at radius 1 is 1.10 bits per heavy atom. The van der Waals surface area contributed by atoms with Gasteiger partial charge < -0.3 is 5.32 Å². The van der Waals surface area contributed by atoms with Crippen LogP contribution >= 0.6 is 34.7 Å². The number of amides is 1. The lowest BCUT2D eigenvalue weighted by Gasteiger charge is -2.14. The molecular weight excluding hydrogens is 448 g/mol. The maximum absolute atomic E-state index is 12.6. The summed E-state index contributed by atoms with van der Waals surface area (Å²) in [5.41, 5.74) is 2.06. The highest BCUT2D eigenvalue weighted by Crippen LogP contribution is 2.28. The van der Waals surface area contributed by atoms with E-state index in [1.165, 1.54) is 11.8 Å². The smallest absolute Gasteiger partial charge is 0.233 e. The fourth-order valence-electron chi connectivity index (χ4n) is 3.04. The molecule has 5 nitrogen and oxygen atoms in total. The topological polar surface area (TPSA) is 59.8 Å². The van der Waals surface area contributed by atoms with Gasteiger partial charge in [0.05, 0.1) is 18.3 Å². The average Bonchev–Trinajstić information content (AvgIpc) is 3.44. The minimum atomic E-state index is -0.309. The molecule has 31 heavy (non-hydrogen) atoms. The minimum absolute atomic E-state index is 0.0271. The third-order valence-electron chi connectivity index (χ3n) is 4.67. The second-order valence-electron chi connectivity index (χ2n) is 6.94. The third-order valence-corrected chi connectivity index (χ3v) is 6.88. The number of halogens is 1. The largest absolute Gasteiger partial charge is 0.350 e. The SMILES string of the molecule is CC(Sc1nnc(-c2ccc(Cl)cc2)n1Cc1ccccc1)C(=O)NCc1cccs1. The van der Waals surface area contributed by atoms with E-state index >= 15 is 0 Å². The van der Waals surface area contributed by atoms with Gasteiger partial charge in [0.2, 0.25) is 5.91 Å². The molecule has 0 bridgehead atoms. The Balaban J connectivity index is 1.55. The van der Waals surface area contributed by atoms with Gasteiger partial charge in [-0.1, -0.05) is 59.8 Å². The summed E-state index contributed by atoms with van der Waals surface area (Å²) in [6.45, 7) is 3.03. The number of hydrogen-bond donors (Lipinski definition) is 1. The summed E-state index contributed by atoms with van der Waals surface area (Å²) in [7, 11) is 0. The molecule has 158 valence electrons. The Labute approximate surface area is 194 Å². The summed E-state index contributed by atoms with van der Waals surface area (Å²) in [6, 6.07) is 21.7. The van der Waals surface area contributed by atoms with Gasteiger partial charge in [-0.25, -0.2) is 0 Å². The van der Waals surface area contributed by atoms with Crippen molar-refractivity contribution < 1.29 is 4.79 Å². The molecule has 0 saturated carbocycles. The first-order valence-electron chi connectivity index (χ1n) is 9.80. The molecule has 0 spiro atoms. The van der Waals surface area contributed by atoms with Crippen molar-refractivity contribution in [2.24, 2.45) is 0 Å². The monoisotopic (exact) mass is 468 g/mol. The summed E-state index contributed by atoms with van der Waals surface area (Å²) >= 11 is 9.09. The molecule has 4 aromatic rings. The second-order valence-corrected chi connectivity index (χ2v) is 9.72. The zero-order valence-electron chi connectivity index (χ0n) is 16.9. The maximum Gasteiger partial charge on any atom is 0.233 e. The van der Waals surface area contributed by atoms with Crippen molar-refractivity contribution in [2.45, 2.75) is 30.4 Å². The van der Waals surface area contributed by atoms with Gasteiger partial charge in [-0.3, -0.25) is 9.36 Å². The van der Waals surface area contributed by atoms with Gasteiger partial charge in [-0.2, -0.15) is 0 Å². The highest BCUT2D eigenvalue weighted by molar-refractivity contribution is 8.00. The van der Waals surface area contributed by atoms with Crippen molar-refractivity contribution in [1.29, 1.82) is 0 Å². The van der Waals surface area contributed by atoms with E-state index in [2.05, 4.69) is 27.6 Å². The van der Waals surface area contributed by atoms with Gasteiger partial charge >= 0.3 is 0 Å². The highest BCUT2D eigenvalue weighted by atomic mass is 35.5. The van der Waals surface area contributed by atoms with Crippen LogP contribution in [0, 0.1) is 0 Å². The zero-order chi connectivity index (χ0) is 21.6. The average molecular weight is 469 g/mol. The standard InChI is InChI=1S/C23H21ClN4OS2/c1-16(22(29)25-14-20-8-5-13-30-20)31-23-27-26-21(18-9-11-19(24)12-10-18)28(23)15-17-6-3-2-4-7-17/h2-13,16H,14-15H2,1H3,(H,25,29). The van der Waals surface area contributed by atoms with Crippen LogP contribution in [0.1, 0.15) is 17.4 Å². The first-order valence-corrected chi connectivity index (χ1v) is 11.9. The Hall–Kier alpha value is -2.61. The van der Waals surface area contributed by atoms with Crippen LogP contribution in [-0.4, -0.2) is 25.9 Å². The third kappa shape index (κ3) is 5.55. The van der Waals surface area contributed by atoms with Crippen molar-refractivity contribution in [3.63, 3.8) is 0 Å². The van der Waals surface area contributed by atoms with Crippen LogP contribution in [0.5, 0.6) is 0 Å². The summed E-state index contributed by atoms with van der Waals surface area (Å²) in [4.78, 5) is 13.8. The molecular formula is C23H21ClN4OS2. The fourth-order valence-corrected chi connectivity index (χ4v) is 4.68. The molecule has 8 heteroatoms. The summed E-state index contributed by atoms with van der Waals surface area (Å²) in [5.74, 6) is 0.718. The summed E-state index contributed by atoms with van der Waals surface area (Å²) < 4.78 is 2.05. The number of carbonyl (C=O) groups excluding carboxylic acids is 1. The lowest BCUT2D eigenvalue weighted by Crippen LogP contribution is -2.30. The van der Waals surface area contributed by atoms with Gasteiger partial charge in [-0.05, 0) is 48.2 Å². The van der Waals surface area contributed by atoms with Crippen molar-refractivity contribution in [1.82, 2.24) is 20.1 Å². The number of carbonyl (C=O) groups is 1.